The summed E-state index contributed by atoms with van der Waals surface area (Å²) < 4.78 is 6.27. The molecule has 25 heavy (non-hydrogen) atoms. The standard InChI is InChI=1S/C18H18ClN3O2S/c1-10(2)12-5-4-6-15-16(12)21-18(25-15)22-17(23)20-13-9-11(19)7-8-14(13)24-3/h4-10H,1-3H3,(H2,20,21,22,23). The van der Waals surface area contributed by atoms with Gasteiger partial charge in [0.1, 0.15) is 5.75 Å². The van der Waals surface area contributed by atoms with Crippen molar-refractivity contribution in [3.63, 3.8) is 0 Å². The SMILES string of the molecule is COc1ccc(Cl)cc1NC(=O)Nc1nc2c(C(C)C)cccc2s1. The first-order chi connectivity index (χ1) is 12.0. The number of ether oxygens (including phenoxy) is 1. The van der Waals surface area contributed by atoms with E-state index in [0.29, 0.717) is 27.5 Å². The lowest BCUT2D eigenvalue weighted by molar-refractivity contribution is 0.262. The maximum Gasteiger partial charge on any atom is 0.325 e. The number of nitrogens with one attached hydrogen (secondary N) is 2. The Kier molecular flexibility index (Phi) is 5.11. The zero-order chi connectivity index (χ0) is 18.0. The van der Waals surface area contributed by atoms with Crippen LogP contribution in [0, 0.1) is 0 Å². The molecule has 0 bridgehead atoms. The van der Waals surface area contributed by atoms with Gasteiger partial charge in [-0.15, -0.1) is 0 Å². The van der Waals surface area contributed by atoms with Gasteiger partial charge in [0.2, 0.25) is 0 Å². The highest BCUT2D eigenvalue weighted by atomic mass is 35.5. The van der Waals surface area contributed by atoms with E-state index in [1.165, 1.54) is 24.0 Å². The van der Waals surface area contributed by atoms with Gasteiger partial charge in [0.05, 0.1) is 23.0 Å². The topological polar surface area (TPSA) is 63.2 Å². The van der Waals surface area contributed by atoms with E-state index in [2.05, 4.69) is 35.5 Å². The normalized spacial score (nSPS) is 10.9. The summed E-state index contributed by atoms with van der Waals surface area (Å²) in [6.07, 6.45) is 0. The molecule has 3 rings (SSSR count). The maximum absolute atomic E-state index is 12.3. The van der Waals surface area contributed by atoms with Crippen molar-refractivity contribution in [2.75, 3.05) is 17.7 Å². The second-order valence-corrected chi connectivity index (χ2v) is 7.26. The van der Waals surface area contributed by atoms with E-state index in [-0.39, 0.29) is 0 Å². The number of para-hydroxylation sites is 1. The number of fused-ring (bicyclic) bond motifs is 1. The van der Waals surface area contributed by atoms with Gasteiger partial charge in [0.25, 0.3) is 0 Å². The fraction of sp³-hybridized carbons (Fsp3) is 0.222. The number of carbonyl (C=O) groups excluding carboxylic acids is 1. The Balaban J connectivity index is 1.81. The third-order valence-corrected chi connectivity index (χ3v) is 4.87. The van der Waals surface area contributed by atoms with Crippen LogP contribution < -0.4 is 15.4 Å². The average molecular weight is 376 g/mol. The number of halogens is 1. The molecule has 0 aliphatic heterocycles. The lowest BCUT2D eigenvalue weighted by atomic mass is 10.0. The van der Waals surface area contributed by atoms with Gasteiger partial charge in [-0.1, -0.05) is 48.9 Å². The number of benzene rings is 2. The van der Waals surface area contributed by atoms with Crippen molar-refractivity contribution in [3.05, 3.63) is 47.0 Å². The van der Waals surface area contributed by atoms with Gasteiger partial charge in [-0.05, 0) is 35.7 Å². The van der Waals surface area contributed by atoms with Crippen LogP contribution in [0.4, 0.5) is 15.6 Å². The number of urea groups is 1. The molecular formula is C18H18ClN3O2S. The number of carbonyl (C=O) groups is 1. The van der Waals surface area contributed by atoms with Crippen molar-refractivity contribution in [1.29, 1.82) is 0 Å². The first-order valence-electron chi connectivity index (χ1n) is 7.79. The predicted octanol–water partition coefficient (Wildman–Crippen LogP) is 5.73. The van der Waals surface area contributed by atoms with Crippen molar-refractivity contribution < 1.29 is 9.53 Å². The molecule has 130 valence electrons. The van der Waals surface area contributed by atoms with Gasteiger partial charge in [-0.2, -0.15) is 0 Å². The van der Waals surface area contributed by atoms with Crippen LogP contribution in [-0.4, -0.2) is 18.1 Å². The first kappa shape index (κ1) is 17.5. The summed E-state index contributed by atoms with van der Waals surface area (Å²) in [6, 6.07) is 10.7. The fourth-order valence-corrected chi connectivity index (χ4v) is 3.59. The summed E-state index contributed by atoms with van der Waals surface area (Å²) in [5.74, 6) is 0.897. The maximum atomic E-state index is 12.3. The number of amides is 2. The Morgan fingerprint density at radius 2 is 2.04 bits per heavy atom. The lowest BCUT2D eigenvalue weighted by Crippen LogP contribution is -2.19. The molecule has 0 aliphatic carbocycles. The average Bonchev–Trinajstić information content (AvgIpc) is 2.96. The number of nitrogens with zero attached hydrogens (tertiary/aromatic N) is 1. The van der Waals surface area contributed by atoms with E-state index in [1.807, 2.05) is 12.1 Å². The third kappa shape index (κ3) is 3.86. The molecule has 1 aromatic heterocycles. The summed E-state index contributed by atoms with van der Waals surface area (Å²) in [6.45, 7) is 4.25. The molecule has 1 heterocycles. The Bertz CT molecular complexity index is 924. The number of hydrogen-bond donors (Lipinski definition) is 2. The summed E-state index contributed by atoms with van der Waals surface area (Å²) >= 11 is 7.42. The summed E-state index contributed by atoms with van der Waals surface area (Å²) in [7, 11) is 1.54. The molecule has 0 radical (unpaired) electrons. The third-order valence-electron chi connectivity index (χ3n) is 3.70. The molecule has 5 nitrogen and oxygen atoms in total. The Morgan fingerprint density at radius 1 is 1.24 bits per heavy atom. The van der Waals surface area contributed by atoms with E-state index in [1.54, 1.807) is 18.2 Å². The minimum Gasteiger partial charge on any atom is -0.495 e. The highest BCUT2D eigenvalue weighted by Gasteiger charge is 2.13. The zero-order valence-electron chi connectivity index (χ0n) is 14.1. The van der Waals surface area contributed by atoms with Crippen molar-refractivity contribution in [3.8, 4) is 5.75 Å². The molecule has 0 unspecified atom stereocenters. The summed E-state index contributed by atoms with van der Waals surface area (Å²) in [5.41, 5.74) is 2.59. The molecular weight excluding hydrogens is 358 g/mol. The number of methoxy groups -OCH3 is 1. The van der Waals surface area contributed by atoms with E-state index in [0.717, 1.165) is 10.2 Å². The van der Waals surface area contributed by atoms with Gasteiger partial charge in [0.15, 0.2) is 5.13 Å². The van der Waals surface area contributed by atoms with E-state index in [9.17, 15) is 4.79 Å². The van der Waals surface area contributed by atoms with Crippen LogP contribution in [0.2, 0.25) is 5.02 Å². The van der Waals surface area contributed by atoms with Gasteiger partial charge in [0, 0.05) is 5.02 Å². The lowest BCUT2D eigenvalue weighted by Gasteiger charge is -2.10. The monoisotopic (exact) mass is 375 g/mol. The molecule has 0 fully saturated rings. The minimum absolute atomic E-state index is 0.364. The van der Waals surface area contributed by atoms with E-state index >= 15 is 0 Å². The zero-order valence-corrected chi connectivity index (χ0v) is 15.7. The Hall–Kier alpha value is -2.31. The molecule has 2 aromatic carbocycles. The van der Waals surface area contributed by atoms with Gasteiger partial charge in [-0.25, -0.2) is 9.78 Å². The van der Waals surface area contributed by atoms with Crippen LogP contribution in [0.3, 0.4) is 0 Å². The highest BCUT2D eigenvalue weighted by molar-refractivity contribution is 7.22. The van der Waals surface area contributed by atoms with Gasteiger partial charge >= 0.3 is 6.03 Å². The molecule has 7 heteroatoms. The van der Waals surface area contributed by atoms with Crippen molar-refractivity contribution in [2.24, 2.45) is 0 Å². The second-order valence-electron chi connectivity index (χ2n) is 5.79. The fourth-order valence-electron chi connectivity index (χ4n) is 2.52. The van der Waals surface area contributed by atoms with Crippen LogP contribution in [0.1, 0.15) is 25.3 Å². The molecule has 3 aromatic rings. The van der Waals surface area contributed by atoms with Crippen LogP contribution in [0.25, 0.3) is 10.2 Å². The Morgan fingerprint density at radius 3 is 2.76 bits per heavy atom. The smallest absolute Gasteiger partial charge is 0.325 e. The van der Waals surface area contributed by atoms with Crippen molar-refractivity contribution >= 4 is 50.0 Å². The van der Waals surface area contributed by atoms with Crippen molar-refractivity contribution in [2.45, 2.75) is 19.8 Å². The quantitative estimate of drug-likeness (QED) is 0.612. The molecule has 0 atom stereocenters. The van der Waals surface area contributed by atoms with Crippen LogP contribution >= 0.6 is 22.9 Å². The molecule has 2 N–H and O–H groups in total. The minimum atomic E-state index is -0.397. The second kappa shape index (κ2) is 7.29. The molecule has 2 amide bonds. The van der Waals surface area contributed by atoms with Crippen LogP contribution in [0.15, 0.2) is 36.4 Å². The van der Waals surface area contributed by atoms with E-state index < -0.39 is 6.03 Å². The molecule has 0 saturated heterocycles. The predicted molar refractivity (Wildman–Crippen MR) is 104 cm³/mol. The summed E-state index contributed by atoms with van der Waals surface area (Å²) in [5, 5.41) is 6.57. The van der Waals surface area contributed by atoms with Crippen LogP contribution in [0.5, 0.6) is 5.75 Å². The van der Waals surface area contributed by atoms with Crippen molar-refractivity contribution in [1.82, 2.24) is 4.98 Å². The van der Waals surface area contributed by atoms with Gasteiger partial charge < -0.3 is 10.1 Å². The molecule has 0 saturated carbocycles. The Labute approximate surface area is 155 Å². The number of rotatable bonds is 4. The highest BCUT2D eigenvalue weighted by Crippen LogP contribution is 2.32. The molecule has 0 aliphatic rings. The summed E-state index contributed by atoms with van der Waals surface area (Å²) in [4.78, 5) is 16.9. The largest absolute Gasteiger partial charge is 0.495 e. The number of aromatic nitrogens is 1. The van der Waals surface area contributed by atoms with E-state index in [4.69, 9.17) is 16.3 Å². The number of hydrogen-bond acceptors (Lipinski definition) is 4. The van der Waals surface area contributed by atoms with Gasteiger partial charge in [-0.3, -0.25) is 5.32 Å². The van der Waals surface area contributed by atoms with Crippen LogP contribution in [-0.2, 0) is 0 Å². The number of thiazole rings is 1. The number of anilines is 2. The first-order valence-corrected chi connectivity index (χ1v) is 8.98. The molecule has 0 spiro atoms.